The first-order valence-corrected chi connectivity index (χ1v) is 7.48. The van der Waals surface area contributed by atoms with Crippen LogP contribution in [0.25, 0.3) is 10.6 Å². The Labute approximate surface area is 127 Å². The molecule has 2 aromatic rings. The Balaban J connectivity index is 2.35. The lowest BCUT2D eigenvalue weighted by Gasteiger charge is -2.18. The zero-order chi connectivity index (χ0) is 15.6. The molecule has 0 aliphatic rings. The third kappa shape index (κ3) is 3.58. The smallest absolute Gasteiger partial charge is 0.225 e. The maximum Gasteiger partial charge on any atom is 0.225 e. The highest BCUT2D eigenvalue weighted by atomic mass is 32.1. The number of H-pyrrole nitrogens is 1. The third-order valence-electron chi connectivity index (χ3n) is 3.06. The number of hydrogen-bond donors (Lipinski definition) is 2. The van der Waals surface area contributed by atoms with E-state index in [1.807, 2.05) is 33.8 Å². The van der Waals surface area contributed by atoms with Crippen LogP contribution in [-0.2, 0) is 11.3 Å². The Hall–Kier alpha value is -1.95. The number of nitrogens with zero attached hydrogens (tertiary/aromatic N) is 1. The lowest BCUT2D eigenvalue weighted by Crippen LogP contribution is -2.35. The number of aryl methyl sites for hydroxylation is 1. The predicted octanol–water partition coefficient (Wildman–Crippen LogP) is 2.47. The Kier molecular flexibility index (Phi) is 4.27. The Morgan fingerprint density at radius 2 is 2.14 bits per heavy atom. The zero-order valence-electron chi connectivity index (χ0n) is 12.6. The van der Waals surface area contributed by atoms with Crippen LogP contribution in [0.1, 0.15) is 32.0 Å². The van der Waals surface area contributed by atoms with Gasteiger partial charge in [-0.05, 0) is 24.5 Å². The molecule has 0 aliphatic carbocycles. The van der Waals surface area contributed by atoms with E-state index in [0.29, 0.717) is 5.56 Å². The van der Waals surface area contributed by atoms with Gasteiger partial charge in [0.05, 0.1) is 10.6 Å². The van der Waals surface area contributed by atoms with Gasteiger partial charge in [-0.3, -0.25) is 9.59 Å². The van der Waals surface area contributed by atoms with Crippen molar-refractivity contribution >= 4 is 17.4 Å². The van der Waals surface area contributed by atoms with Crippen molar-refractivity contribution in [2.24, 2.45) is 5.41 Å². The van der Waals surface area contributed by atoms with Gasteiger partial charge < -0.3 is 10.3 Å². The van der Waals surface area contributed by atoms with Gasteiger partial charge in [-0.1, -0.05) is 20.8 Å². The molecule has 0 radical (unpaired) electrons. The second-order valence-electron chi connectivity index (χ2n) is 5.98. The van der Waals surface area contributed by atoms with Crippen molar-refractivity contribution in [1.82, 2.24) is 14.7 Å². The van der Waals surface area contributed by atoms with Crippen molar-refractivity contribution in [3.63, 3.8) is 0 Å². The summed E-state index contributed by atoms with van der Waals surface area (Å²) in [4.78, 5) is 28.3. The van der Waals surface area contributed by atoms with Crippen molar-refractivity contribution in [3.05, 3.63) is 39.8 Å². The van der Waals surface area contributed by atoms with E-state index in [1.54, 1.807) is 12.3 Å². The highest BCUT2D eigenvalue weighted by Crippen LogP contribution is 2.23. The van der Waals surface area contributed by atoms with Crippen molar-refractivity contribution in [1.29, 1.82) is 0 Å². The van der Waals surface area contributed by atoms with Gasteiger partial charge in [0.1, 0.15) is 0 Å². The molecule has 6 heteroatoms. The van der Waals surface area contributed by atoms with Crippen LogP contribution >= 0.6 is 11.5 Å². The summed E-state index contributed by atoms with van der Waals surface area (Å²) in [6.07, 6.45) is 1.69. The van der Waals surface area contributed by atoms with Crippen LogP contribution in [0.15, 0.2) is 23.1 Å². The molecule has 1 amide bonds. The van der Waals surface area contributed by atoms with Crippen molar-refractivity contribution in [2.45, 2.75) is 34.2 Å². The molecular weight excluding hydrogens is 286 g/mol. The molecule has 0 unspecified atom stereocenters. The number of pyridine rings is 1. The summed E-state index contributed by atoms with van der Waals surface area (Å²) < 4.78 is 4.07. The molecule has 0 bridgehead atoms. The third-order valence-corrected chi connectivity index (χ3v) is 3.82. The van der Waals surface area contributed by atoms with Gasteiger partial charge in [-0.2, -0.15) is 0 Å². The number of aromatic nitrogens is 2. The van der Waals surface area contributed by atoms with Crippen LogP contribution in [0, 0.1) is 12.3 Å². The summed E-state index contributed by atoms with van der Waals surface area (Å²) in [6.45, 7) is 7.56. The summed E-state index contributed by atoms with van der Waals surface area (Å²) in [7, 11) is 0. The van der Waals surface area contributed by atoms with E-state index in [0.717, 1.165) is 16.3 Å². The quantitative estimate of drug-likeness (QED) is 0.914. The summed E-state index contributed by atoms with van der Waals surface area (Å²) in [5.41, 5.74) is 1.51. The second-order valence-corrected chi connectivity index (χ2v) is 6.81. The first-order chi connectivity index (χ1) is 9.79. The number of rotatable bonds is 3. The van der Waals surface area contributed by atoms with Crippen molar-refractivity contribution in [3.8, 4) is 10.6 Å². The number of nitrogens with one attached hydrogen (secondary N) is 2. The minimum atomic E-state index is -0.484. The molecule has 5 nitrogen and oxygen atoms in total. The summed E-state index contributed by atoms with van der Waals surface area (Å²) in [6, 6.07) is 3.40. The Bertz CT molecular complexity index is 697. The fraction of sp³-hybridized carbons (Fsp3) is 0.400. The lowest BCUT2D eigenvalue weighted by molar-refractivity contribution is -0.128. The lowest BCUT2D eigenvalue weighted by atomic mass is 9.95. The average molecular weight is 305 g/mol. The van der Waals surface area contributed by atoms with Gasteiger partial charge in [0.25, 0.3) is 0 Å². The average Bonchev–Trinajstić information content (AvgIpc) is 2.89. The number of carbonyl (C=O) groups is 1. The molecule has 0 saturated carbocycles. The van der Waals surface area contributed by atoms with Crippen LogP contribution in [0.4, 0.5) is 0 Å². The molecule has 2 N–H and O–H groups in total. The molecule has 112 valence electrons. The normalized spacial score (nSPS) is 11.4. The maximum atomic E-state index is 12.2. The van der Waals surface area contributed by atoms with Gasteiger partial charge in [0.2, 0.25) is 5.91 Å². The molecule has 0 aromatic carbocycles. The van der Waals surface area contributed by atoms with Crippen LogP contribution in [0.5, 0.6) is 0 Å². The predicted molar refractivity (Wildman–Crippen MR) is 84.2 cm³/mol. The SMILES string of the molecule is Cc1cc(=O)c(CNC(=O)C(C)(C)C)c(-c2ccns2)[nH]1. The van der Waals surface area contributed by atoms with Crippen LogP contribution in [0.3, 0.4) is 0 Å². The topological polar surface area (TPSA) is 74.8 Å². The van der Waals surface area contributed by atoms with Crippen LogP contribution < -0.4 is 10.7 Å². The van der Waals surface area contributed by atoms with Crippen molar-refractivity contribution in [2.75, 3.05) is 0 Å². The van der Waals surface area contributed by atoms with Gasteiger partial charge in [0, 0.05) is 35.5 Å². The molecule has 0 aliphatic heterocycles. The molecule has 0 fully saturated rings. The molecule has 0 spiro atoms. The standard InChI is InChI=1S/C15H19N3O2S/c1-9-7-11(19)10(8-16-14(20)15(2,3)4)13(18-9)12-5-6-17-21-12/h5-7H,8H2,1-4H3,(H,16,20)(H,18,19). The first kappa shape index (κ1) is 15.4. The summed E-state index contributed by atoms with van der Waals surface area (Å²) in [5, 5.41) is 2.83. The summed E-state index contributed by atoms with van der Waals surface area (Å²) in [5.74, 6) is -0.0854. The van der Waals surface area contributed by atoms with E-state index in [4.69, 9.17) is 0 Å². The monoisotopic (exact) mass is 305 g/mol. The largest absolute Gasteiger partial charge is 0.357 e. The van der Waals surface area contributed by atoms with E-state index in [2.05, 4.69) is 14.7 Å². The summed E-state index contributed by atoms with van der Waals surface area (Å²) >= 11 is 1.31. The fourth-order valence-corrected chi connectivity index (χ4v) is 2.50. The molecule has 0 atom stereocenters. The van der Waals surface area contributed by atoms with Gasteiger partial charge in [0.15, 0.2) is 5.43 Å². The zero-order valence-corrected chi connectivity index (χ0v) is 13.4. The molecule has 0 saturated heterocycles. The van der Waals surface area contributed by atoms with E-state index < -0.39 is 5.41 Å². The Morgan fingerprint density at radius 1 is 1.43 bits per heavy atom. The highest BCUT2D eigenvalue weighted by Gasteiger charge is 2.22. The number of hydrogen-bond acceptors (Lipinski definition) is 4. The van der Waals surface area contributed by atoms with Gasteiger partial charge >= 0.3 is 0 Å². The first-order valence-electron chi connectivity index (χ1n) is 6.71. The van der Waals surface area contributed by atoms with E-state index >= 15 is 0 Å². The minimum Gasteiger partial charge on any atom is -0.357 e. The number of carbonyl (C=O) groups excluding carboxylic acids is 1. The van der Waals surface area contributed by atoms with E-state index in [1.165, 1.54) is 11.5 Å². The van der Waals surface area contributed by atoms with Crippen LogP contribution in [0.2, 0.25) is 0 Å². The van der Waals surface area contributed by atoms with E-state index in [9.17, 15) is 9.59 Å². The molecular formula is C15H19N3O2S. The van der Waals surface area contributed by atoms with E-state index in [-0.39, 0.29) is 17.9 Å². The molecule has 2 rings (SSSR count). The maximum absolute atomic E-state index is 12.2. The molecule has 2 aromatic heterocycles. The Morgan fingerprint density at radius 3 is 2.71 bits per heavy atom. The van der Waals surface area contributed by atoms with Gasteiger partial charge in [-0.15, -0.1) is 0 Å². The minimum absolute atomic E-state index is 0.0798. The second kappa shape index (κ2) is 5.81. The molecule has 21 heavy (non-hydrogen) atoms. The number of amides is 1. The number of aromatic amines is 1. The van der Waals surface area contributed by atoms with Crippen LogP contribution in [-0.4, -0.2) is 15.3 Å². The highest BCUT2D eigenvalue weighted by molar-refractivity contribution is 7.09. The van der Waals surface area contributed by atoms with Crippen molar-refractivity contribution < 1.29 is 4.79 Å². The fourth-order valence-electron chi connectivity index (χ4n) is 1.88. The molecule has 2 heterocycles. The van der Waals surface area contributed by atoms with Gasteiger partial charge in [-0.25, -0.2) is 4.37 Å².